The SMILES string of the molecule is CCOC(=O)c1ccc(N2C(=O)CSC2=NC(=O)c2ccccc2Cl)cc1. The predicted molar refractivity (Wildman–Crippen MR) is 106 cm³/mol. The van der Waals surface area contributed by atoms with Gasteiger partial charge in [-0.15, -0.1) is 0 Å². The molecule has 1 fully saturated rings. The molecule has 0 aliphatic carbocycles. The Labute approximate surface area is 165 Å². The third kappa shape index (κ3) is 4.20. The van der Waals surface area contributed by atoms with Gasteiger partial charge in [0.05, 0.1) is 34.2 Å². The second-order valence-electron chi connectivity index (χ2n) is 5.46. The Bertz CT molecular complexity index is 928. The van der Waals surface area contributed by atoms with Gasteiger partial charge in [-0.1, -0.05) is 35.5 Å². The number of hydrogen-bond donors (Lipinski definition) is 0. The van der Waals surface area contributed by atoms with E-state index in [4.69, 9.17) is 16.3 Å². The predicted octanol–water partition coefficient (Wildman–Crippen LogP) is 3.79. The minimum Gasteiger partial charge on any atom is -0.462 e. The number of anilines is 1. The van der Waals surface area contributed by atoms with Crippen LogP contribution in [0.25, 0.3) is 0 Å². The Morgan fingerprint density at radius 2 is 1.89 bits per heavy atom. The second-order valence-corrected chi connectivity index (χ2v) is 6.81. The molecule has 1 aliphatic heterocycles. The Morgan fingerprint density at radius 1 is 1.19 bits per heavy atom. The first-order valence-electron chi connectivity index (χ1n) is 8.11. The first-order chi connectivity index (χ1) is 13.0. The van der Waals surface area contributed by atoms with E-state index in [2.05, 4.69) is 4.99 Å². The molecule has 0 spiro atoms. The highest BCUT2D eigenvalue weighted by Gasteiger charge is 2.30. The molecule has 2 aromatic rings. The van der Waals surface area contributed by atoms with Gasteiger partial charge in [0, 0.05) is 0 Å². The highest BCUT2D eigenvalue weighted by Crippen LogP contribution is 2.28. The summed E-state index contributed by atoms with van der Waals surface area (Å²) in [5.74, 6) is -0.983. The first kappa shape index (κ1) is 19.1. The third-order valence-corrected chi connectivity index (χ3v) is 4.96. The number of carbonyl (C=O) groups excluding carboxylic acids is 3. The maximum Gasteiger partial charge on any atom is 0.338 e. The number of hydrogen-bond acceptors (Lipinski definition) is 5. The lowest BCUT2D eigenvalue weighted by Gasteiger charge is -2.16. The van der Waals surface area contributed by atoms with E-state index in [1.165, 1.54) is 16.7 Å². The molecule has 0 atom stereocenters. The Kier molecular flexibility index (Phi) is 5.93. The zero-order valence-electron chi connectivity index (χ0n) is 14.3. The molecular formula is C19H15ClN2O4S. The summed E-state index contributed by atoms with van der Waals surface area (Å²) in [5, 5.41) is 0.570. The Balaban J connectivity index is 1.87. The van der Waals surface area contributed by atoms with Crippen LogP contribution in [0.3, 0.4) is 0 Å². The number of ether oxygens (including phenoxy) is 1. The molecule has 0 aromatic heterocycles. The Morgan fingerprint density at radius 3 is 2.56 bits per heavy atom. The van der Waals surface area contributed by atoms with Crippen molar-refractivity contribution in [2.45, 2.75) is 6.92 Å². The average molecular weight is 403 g/mol. The number of rotatable bonds is 4. The summed E-state index contributed by atoms with van der Waals surface area (Å²) >= 11 is 7.21. The fourth-order valence-corrected chi connectivity index (χ4v) is 3.52. The lowest BCUT2D eigenvalue weighted by molar-refractivity contribution is -0.115. The summed E-state index contributed by atoms with van der Waals surface area (Å²) in [5.41, 5.74) is 1.17. The number of thioether (sulfide) groups is 1. The maximum absolute atomic E-state index is 12.4. The van der Waals surface area contributed by atoms with E-state index in [0.717, 1.165) is 0 Å². The molecule has 0 radical (unpaired) electrons. The van der Waals surface area contributed by atoms with Gasteiger partial charge in [0.1, 0.15) is 0 Å². The van der Waals surface area contributed by atoms with Crippen LogP contribution in [-0.2, 0) is 9.53 Å². The summed E-state index contributed by atoms with van der Waals surface area (Å²) in [7, 11) is 0. The Hall–Kier alpha value is -2.64. The van der Waals surface area contributed by atoms with Crippen molar-refractivity contribution in [3.05, 3.63) is 64.7 Å². The lowest BCUT2D eigenvalue weighted by Crippen LogP contribution is -2.29. The normalized spacial score (nSPS) is 15.3. The fourth-order valence-electron chi connectivity index (χ4n) is 2.44. The van der Waals surface area contributed by atoms with Crippen molar-refractivity contribution in [2.24, 2.45) is 4.99 Å². The van der Waals surface area contributed by atoms with Gasteiger partial charge >= 0.3 is 5.97 Å². The maximum atomic E-state index is 12.4. The first-order valence-corrected chi connectivity index (χ1v) is 9.48. The van der Waals surface area contributed by atoms with Gasteiger partial charge in [-0.3, -0.25) is 14.5 Å². The van der Waals surface area contributed by atoms with Gasteiger partial charge in [-0.05, 0) is 43.3 Å². The summed E-state index contributed by atoms with van der Waals surface area (Å²) < 4.78 is 4.94. The summed E-state index contributed by atoms with van der Waals surface area (Å²) in [6.07, 6.45) is 0. The average Bonchev–Trinajstić information content (AvgIpc) is 3.02. The van der Waals surface area contributed by atoms with Crippen molar-refractivity contribution < 1.29 is 19.1 Å². The molecule has 0 unspecified atom stereocenters. The summed E-state index contributed by atoms with van der Waals surface area (Å²) in [6.45, 7) is 2.01. The molecule has 2 aromatic carbocycles. The van der Waals surface area contributed by atoms with Crippen molar-refractivity contribution in [2.75, 3.05) is 17.3 Å². The molecule has 6 nitrogen and oxygen atoms in total. The molecule has 0 N–H and O–H groups in total. The van der Waals surface area contributed by atoms with Gasteiger partial charge < -0.3 is 4.74 Å². The number of amides is 2. The standard InChI is InChI=1S/C19H15ClN2O4S/c1-2-26-18(25)12-7-9-13(10-8-12)22-16(23)11-27-19(22)21-17(24)14-5-3-4-6-15(14)20/h3-10H,2,11H2,1H3. The van der Waals surface area contributed by atoms with Crippen LogP contribution in [0.1, 0.15) is 27.6 Å². The van der Waals surface area contributed by atoms with Crippen LogP contribution in [-0.4, -0.2) is 35.3 Å². The number of carbonyl (C=O) groups is 3. The van der Waals surface area contributed by atoms with Crippen LogP contribution >= 0.6 is 23.4 Å². The second kappa shape index (κ2) is 8.37. The highest BCUT2D eigenvalue weighted by molar-refractivity contribution is 8.15. The van der Waals surface area contributed by atoms with Crippen molar-refractivity contribution in [3.63, 3.8) is 0 Å². The van der Waals surface area contributed by atoms with E-state index >= 15 is 0 Å². The molecule has 0 bridgehead atoms. The van der Waals surface area contributed by atoms with Crippen LogP contribution in [0, 0.1) is 0 Å². The molecule has 1 saturated heterocycles. The summed E-state index contributed by atoms with van der Waals surface area (Å²) in [6, 6.07) is 13.0. The van der Waals surface area contributed by atoms with Crippen molar-refractivity contribution in [1.82, 2.24) is 0 Å². The number of esters is 1. The number of halogens is 1. The highest BCUT2D eigenvalue weighted by atomic mass is 35.5. The zero-order chi connectivity index (χ0) is 19.4. The van der Waals surface area contributed by atoms with E-state index < -0.39 is 11.9 Å². The van der Waals surface area contributed by atoms with Crippen molar-refractivity contribution in [3.8, 4) is 0 Å². The minimum absolute atomic E-state index is 0.175. The fraction of sp³-hybridized carbons (Fsp3) is 0.158. The number of nitrogens with zero attached hydrogens (tertiary/aromatic N) is 2. The topological polar surface area (TPSA) is 76.0 Å². The minimum atomic E-state index is -0.522. The molecule has 1 aliphatic rings. The van der Waals surface area contributed by atoms with Gasteiger partial charge in [0.25, 0.3) is 5.91 Å². The van der Waals surface area contributed by atoms with E-state index in [-0.39, 0.29) is 29.0 Å². The van der Waals surface area contributed by atoms with E-state index in [1.54, 1.807) is 55.5 Å². The zero-order valence-corrected chi connectivity index (χ0v) is 15.9. The van der Waals surface area contributed by atoms with E-state index in [0.29, 0.717) is 16.3 Å². The van der Waals surface area contributed by atoms with E-state index in [1.807, 2.05) is 0 Å². The number of amidine groups is 1. The van der Waals surface area contributed by atoms with Crippen LogP contribution in [0.15, 0.2) is 53.5 Å². The lowest BCUT2D eigenvalue weighted by atomic mass is 10.2. The summed E-state index contributed by atoms with van der Waals surface area (Å²) in [4.78, 5) is 41.9. The van der Waals surface area contributed by atoms with Gasteiger partial charge in [0.15, 0.2) is 5.17 Å². The monoisotopic (exact) mass is 402 g/mol. The van der Waals surface area contributed by atoms with Gasteiger partial charge in [-0.25, -0.2) is 4.79 Å². The van der Waals surface area contributed by atoms with E-state index in [9.17, 15) is 14.4 Å². The molecular weight excluding hydrogens is 388 g/mol. The molecule has 138 valence electrons. The van der Waals surface area contributed by atoms with Crippen LogP contribution < -0.4 is 4.90 Å². The van der Waals surface area contributed by atoms with Crippen molar-refractivity contribution >= 4 is 52.0 Å². The quantitative estimate of drug-likeness (QED) is 0.727. The smallest absolute Gasteiger partial charge is 0.338 e. The molecule has 8 heteroatoms. The molecule has 27 heavy (non-hydrogen) atoms. The molecule has 1 heterocycles. The number of benzene rings is 2. The van der Waals surface area contributed by atoms with Gasteiger partial charge in [0.2, 0.25) is 5.91 Å². The van der Waals surface area contributed by atoms with Crippen LogP contribution in [0.4, 0.5) is 5.69 Å². The van der Waals surface area contributed by atoms with Crippen LogP contribution in [0.5, 0.6) is 0 Å². The molecule has 2 amide bonds. The molecule has 3 rings (SSSR count). The molecule has 0 saturated carbocycles. The number of aliphatic imine (C=N–C) groups is 1. The third-order valence-electron chi connectivity index (χ3n) is 3.70. The van der Waals surface area contributed by atoms with Crippen LogP contribution in [0.2, 0.25) is 5.02 Å². The van der Waals surface area contributed by atoms with Gasteiger partial charge in [-0.2, -0.15) is 4.99 Å². The van der Waals surface area contributed by atoms with Crippen molar-refractivity contribution in [1.29, 1.82) is 0 Å². The largest absolute Gasteiger partial charge is 0.462 e.